The Morgan fingerprint density at radius 1 is 1.22 bits per heavy atom. The fourth-order valence-electron chi connectivity index (χ4n) is 1.74. The molecule has 0 aromatic heterocycles. The molecule has 0 aliphatic rings. The van der Waals surface area contributed by atoms with Gasteiger partial charge in [0, 0.05) is 12.5 Å². The van der Waals surface area contributed by atoms with Crippen LogP contribution in [0.2, 0.25) is 0 Å². The maximum atomic E-state index is 13.1. The second-order valence-corrected chi connectivity index (χ2v) is 4.93. The average molecular weight is 255 g/mol. The van der Waals surface area contributed by atoms with Crippen LogP contribution in [0.25, 0.3) is 0 Å². The Kier molecular flexibility index (Phi) is 4.82. The molecule has 0 saturated carbocycles. The van der Waals surface area contributed by atoms with Crippen molar-refractivity contribution < 1.29 is 13.6 Å². The second-order valence-electron chi connectivity index (χ2n) is 4.93. The van der Waals surface area contributed by atoms with Crippen LogP contribution in [0.15, 0.2) is 18.2 Å². The number of carbonyl (C=O) groups excluding carboxylic acids is 1. The number of benzene rings is 1. The minimum atomic E-state index is -0.784. The van der Waals surface area contributed by atoms with Crippen LogP contribution in [0.3, 0.4) is 0 Å². The third kappa shape index (κ3) is 4.09. The fourth-order valence-corrected chi connectivity index (χ4v) is 1.74. The van der Waals surface area contributed by atoms with E-state index in [0.29, 0.717) is 12.0 Å². The van der Waals surface area contributed by atoms with Gasteiger partial charge in [-0.15, -0.1) is 0 Å². The van der Waals surface area contributed by atoms with E-state index in [2.05, 4.69) is 5.32 Å². The van der Waals surface area contributed by atoms with Crippen LogP contribution in [-0.4, -0.2) is 5.91 Å². The first-order chi connectivity index (χ1) is 8.35. The summed E-state index contributed by atoms with van der Waals surface area (Å²) in [5.41, 5.74) is -0.363. The van der Waals surface area contributed by atoms with Crippen LogP contribution in [-0.2, 0) is 10.3 Å². The van der Waals surface area contributed by atoms with Crippen LogP contribution in [0.5, 0.6) is 0 Å². The first-order valence-corrected chi connectivity index (χ1v) is 6.12. The van der Waals surface area contributed by atoms with Crippen molar-refractivity contribution in [3.63, 3.8) is 0 Å². The van der Waals surface area contributed by atoms with E-state index in [0.717, 1.165) is 18.9 Å². The summed E-state index contributed by atoms with van der Waals surface area (Å²) in [6.45, 7) is 5.45. The van der Waals surface area contributed by atoms with Gasteiger partial charge in [0.1, 0.15) is 11.6 Å². The summed E-state index contributed by atoms with van der Waals surface area (Å²) < 4.78 is 26.3. The normalized spacial score (nSPS) is 11.4. The third-order valence-electron chi connectivity index (χ3n) is 2.79. The smallest absolute Gasteiger partial charge is 0.220 e. The molecule has 0 fully saturated rings. The lowest BCUT2D eigenvalue weighted by atomic mass is 9.93. The standard InChI is InChI=1S/C14H19F2NO/c1-4-5-6-13(18)17-14(2,3)10-7-11(15)9-12(16)8-10/h7-9H,4-6H2,1-3H3,(H,17,18). The van der Waals surface area contributed by atoms with E-state index in [9.17, 15) is 13.6 Å². The lowest BCUT2D eigenvalue weighted by molar-refractivity contribution is -0.122. The number of nitrogens with one attached hydrogen (secondary N) is 1. The summed E-state index contributed by atoms with van der Waals surface area (Å²) >= 11 is 0. The lowest BCUT2D eigenvalue weighted by Crippen LogP contribution is -2.41. The van der Waals surface area contributed by atoms with Gasteiger partial charge in [-0.3, -0.25) is 4.79 Å². The molecule has 0 bridgehead atoms. The van der Waals surface area contributed by atoms with Crippen molar-refractivity contribution in [1.29, 1.82) is 0 Å². The Balaban J connectivity index is 2.81. The van der Waals surface area contributed by atoms with Crippen molar-refractivity contribution in [3.05, 3.63) is 35.4 Å². The molecule has 0 heterocycles. The summed E-state index contributed by atoms with van der Waals surface area (Å²) in [6.07, 6.45) is 2.17. The quantitative estimate of drug-likeness (QED) is 0.857. The zero-order chi connectivity index (χ0) is 13.8. The van der Waals surface area contributed by atoms with Crippen LogP contribution in [0.4, 0.5) is 8.78 Å². The number of hydrogen-bond acceptors (Lipinski definition) is 1. The number of unbranched alkanes of at least 4 members (excludes halogenated alkanes) is 1. The van der Waals surface area contributed by atoms with Gasteiger partial charge < -0.3 is 5.32 Å². The lowest BCUT2D eigenvalue weighted by Gasteiger charge is -2.27. The van der Waals surface area contributed by atoms with E-state index in [4.69, 9.17) is 0 Å². The minimum absolute atomic E-state index is 0.105. The monoisotopic (exact) mass is 255 g/mol. The maximum Gasteiger partial charge on any atom is 0.220 e. The van der Waals surface area contributed by atoms with Crippen molar-refractivity contribution in [3.8, 4) is 0 Å². The average Bonchev–Trinajstić information content (AvgIpc) is 2.24. The van der Waals surface area contributed by atoms with E-state index >= 15 is 0 Å². The van der Waals surface area contributed by atoms with Crippen molar-refractivity contribution in [2.75, 3.05) is 0 Å². The molecule has 0 saturated heterocycles. The van der Waals surface area contributed by atoms with E-state index < -0.39 is 17.2 Å². The first kappa shape index (κ1) is 14.6. The Morgan fingerprint density at radius 3 is 2.28 bits per heavy atom. The zero-order valence-electron chi connectivity index (χ0n) is 11.0. The van der Waals surface area contributed by atoms with Crippen molar-refractivity contribution in [2.24, 2.45) is 0 Å². The summed E-state index contributed by atoms with van der Waals surface area (Å²) in [4.78, 5) is 11.7. The van der Waals surface area contributed by atoms with Gasteiger partial charge in [-0.05, 0) is 38.0 Å². The highest BCUT2D eigenvalue weighted by Crippen LogP contribution is 2.22. The highest BCUT2D eigenvalue weighted by molar-refractivity contribution is 5.76. The minimum Gasteiger partial charge on any atom is -0.347 e. The van der Waals surface area contributed by atoms with E-state index in [-0.39, 0.29) is 5.91 Å². The van der Waals surface area contributed by atoms with E-state index in [1.54, 1.807) is 13.8 Å². The molecule has 0 spiro atoms. The number of carbonyl (C=O) groups is 1. The number of hydrogen-bond donors (Lipinski definition) is 1. The van der Waals surface area contributed by atoms with Gasteiger partial charge in [0.15, 0.2) is 0 Å². The molecule has 1 aromatic carbocycles. The molecule has 2 nitrogen and oxygen atoms in total. The molecule has 1 rings (SSSR count). The molecule has 100 valence electrons. The van der Waals surface area contributed by atoms with Crippen molar-refractivity contribution in [2.45, 2.75) is 45.6 Å². The highest BCUT2D eigenvalue weighted by atomic mass is 19.1. The van der Waals surface area contributed by atoms with Gasteiger partial charge in [0.25, 0.3) is 0 Å². The Morgan fingerprint density at radius 2 is 1.78 bits per heavy atom. The molecule has 1 N–H and O–H groups in total. The van der Waals surface area contributed by atoms with Gasteiger partial charge in [-0.1, -0.05) is 13.3 Å². The predicted octanol–water partition coefficient (Wildman–Crippen LogP) is 3.51. The number of rotatable bonds is 5. The molecule has 0 unspecified atom stereocenters. The molecule has 1 amide bonds. The van der Waals surface area contributed by atoms with Crippen molar-refractivity contribution >= 4 is 5.91 Å². The molecule has 0 atom stereocenters. The van der Waals surface area contributed by atoms with Crippen molar-refractivity contribution in [1.82, 2.24) is 5.32 Å². The SMILES string of the molecule is CCCCC(=O)NC(C)(C)c1cc(F)cc(F)c1. The highest BCUT2D eigenvalue weighted by Gasteiger charge is 2.23. The van der Waals surface area contributed by atoms with Crippen LogP contribution < -0.4 is 5.32 Å². The second kappa shape index (κ2) is 5.94. The molecule has 1 aromatic rings. The van der Waals surface area contributed by atoms with Gasteiger partial charge in [0.2, 0.25) is 5.91 Å². The Bertz CT molecular complexity index is 410. The Labute approximate surface area is 106 Å². The molecule has 0 radical (unpaired) electrons. The first-order valence-electron chi connectivity index (χ1n) is 6.12. The number of halogens is 2. The van der Waals surface area contributed by atoms with Gasteiger partial charge >= 0.3 is 0 Å². The van der Waals surface area contributed by atoms with Gasteiger partial charge in [-0.2, -0.15) is 0 Å². The third-order valence-corrected chi connectivity index (χ3v) is 2.79. The van der Waals surface area contributed by atoms with Crippen LogP contribution in [0.1, 0.15) is 45.6 Å². The molecule has 0 aliphatic heterocycles. The summed E-state index contributed by atoms with van der Waals surface area (Å²) in [6, 6.07) is 3.30. The summed E-state index contributed by atoms with van der Waals surface area (Å²) in [7, 11) is 0. The summed E-state index contributed by atoms with van der Waals surface area (Å²) in [5, 5.41) is 2.79. The molecule has 0 aliphatic carbocycles. The topological polar surface area (TPSA) is 29.1 Å². The fraction of sp³-hybridized carbons (Fsp3) is 0.500. The molecular weight excluding hydrogens is 236 g/mol. The van der Waals surface area contributed by atoms with Crippen LogP contribution in [0, 0.1) is 11.6 Å². The van der Waals surface area contributed by atoms with Crippen LogP contribution >= 0.6 is 0 Å². The van der Waals surface area contributed by atoms with E-state index in [1.807, 2.05) is 6.92 Å². The van der Waals surface area contributed by atoms with Gasteiger partial charge in [0.05, 0.1) is 5.54 Å². The Hall–Kier alpha value is -1.45. The van der Waals surface area contributed by atoms with E-state index in [1.165, 1.54) is 12.1 Å². The molecule has 18 heavy (non-hydrogen) atoms. The maximum absolute atomic E-state index is 13.1. The zero-order valence-corrected chi connectivity index (χ0v) is 11.0. The largest absolute Gasteiger partial charge is 0.347 e. The molecule has 4 heteroatoms. The van der Waals surface area contributed by atoms with Gasteiger partial charge in [-0.25, -0.2) is 8.78 Å². The number of amides is 1. The molecular formula is C14H19F2NO. The summed E-state index contributed by atoms with van der Waals surface area (Å²) in [5.74, 6) is -1.38. The predicted molar refractivity (Wildman–Crippen MR) is 67.1 cm³/mol.